The van der Waals surface area contributed by atoms with Crippen LogP contribution in [0.25, 0.3) is 55.6 Å². The van der Waals surface area contributed by atoms with E-state index in [0.717, 1.165) is 49.8 Å². The van der Waals surface area contributed by atoms with Crippen molar-refractivity contribution in [2.45, 2.75) is 0 Å². The van der Waals surface area contributed by atoms with E-state index in [1.807, 2.05) is 55.0 Å². The Bertz CT molecular complexity index is 1560. The van der Waals surface area contributed by atoms with Crippen molar-refractivity contribution in [1.82, 2.24) is 19.9 Å². The molecule has 0 unspecified atom stereocenters. The van der Waals surface area contributed by atoms with Gasteiger partial charge in [0.15, 0.2) is 5.82 Å². The van der Waals surface area contributed by atoms with E-state index in [0.29, 0.717) is 5.82 Å². The first-order valence-corrected chi connectivity index (χ1v) is 10.5. The largest absolute Gasteiger partial charge is 0.254 e. The highest BCUT2D eigenvalue weighted by Gasteiger charge is 2.09. The molecule has 6 aromatic rings. The zero-order chi connectivity index (χ0) is 21.3. The number of hydrogen-bond donors (Lipinski definition) is 0. The minimum atomic E-state index is 0.694. The van der Waals surface area contributed by atoms with Gasteiger partial charge in [0.2, 0.25) is 0 Å². The van der Waals surface area contributed by atoms with E-state index in [4.69, 9.17) is 4.98 Å². The molecule has 3 heterocycles. The van der Waals surface area contributed by atoms with Crippen LogP contribution in [0.15, 0.2) is 110 Å². The van der Waals surface area contributed by atoms with Crippen LogP contribution in [-0.4, -0.2) is 19.9 Å². The van der Waals surface area contributed by atoms with Crippen LogP contribution < -0.4 is 0 Å². The van der Waals surface area contributed by atoms with Crippen molar-refractivity contribution in [3.05, 3.63) is 110 Å². The Morgan fingerprint density at radius 3 is 2.03 bits per heavy atom. The van der Waals surface area contributed by atoms with Gasteiger partial charge >= 0.3 is 0 Å². The van der Waals surface area contributed by atoms with Crippen LogP contribution in [0.2, 0.25) is 0 Å². The van der Waals surface area contributed by atoms with Crippen LogP contribution in [0, 0.1) is 0 Å². The zero-order valence-electron chi connectivity index (χ0n) is 17.2. The lowest BCUT2D eigenvalue weighted by molar-refractivity contribution is 1.18. The van der Waals surface area contributed by atoms with Gasteiger partial charge in [0.25, 0.3) is 0 Å². The van der Waals surface area contributed by atoms with E-state index in [1.54, 1.807) is 0 Å². The van der Waals surface area contributed by atoms with Crippen LogP contribution in [0.4, 0.5) is 0 Å². The number of nitrogens with zero attached hydrogens (tertiary/aromatic N) is 4. The van der Waals surface area contributed by atoms with Gasteiger partial charge in [0.1, 0.15) is 0 Å². The van der Waals surface area contributed by atoms with Crippen molar-refractivity contribution in [3.8, 4) is 33.8 Å². The summed E-state index contributed by atoms with van der Waals surface area (Å²) in [6.07, 6.45) is 5.56. The standard InChI is InChI=1S/C28H18N4/c1-2-6-19(7-3-1)24-17-30-28(31-18-24)23-9-4-8-22(16-23)25-14-13-21-12-11-20-10-5-15-29-26(20)27(21)32-25/h1-18H. The third-order valence-corrected chi connectivity index (χ3v) is 5.61. The molecule has 0 radical (unpaired) electrons. The van der Waals surface area contributed by atoms with Gasteiger partial charge in [-0.25, -0.2) is 15.0 Å². The Labute approximate surface area is 185 Å². The van der Waals surface area contributed by atoms with Crippen LogP contribution in [-0.2, 0) is 0 Å². The normalized spacial score (nSPS) is 11.1. The smallest absolute Gasteiger partial charge is 0.159 e. The van der Waals surface area contributed by atoms with Gasteiger partial charge in [0, 0.05) is 46.1 Å². The highest BCUT2D eigenvalue weighted by Crippen LogP contribution is 2.28. The molecule has 3 aromatic heterocycles. The lowest BCUT2D eigenvalue weighted by Gasteiger charge is -2.08. The SMILES string of the molecule is c1ccc(-c2cnc(-c3cccc(-c4ccc5ccc6cccnc6c5n4)c3)nc2)cc1. The number of hydrogen-bond acceptors (Lipinski definition) is 4. The Morgan fingerprint density at radius 2 is 1.19 bits per heavy atom. The number of aromatic nitrogens is 4. The fourth-order valence-corrected chi connectivity index (χ4v) is 3.96. The molecular formula is C28H18N4. The Kier molecular flexibility index (Phi) is 4.40. The summed E-state index contributed by atoms with van der Waals surface area (Å²) < 4.78 is 0. The van der Waals surface area contributed by atoms with Crippen LogP contribution in [0.3, 0.4) is 0 Å². The highest BCUT2D eigenvalue weighted by molar-refractivity contribution is 6.03. The second kappa shape index (κ2) is 7.67. The predicted octanol–water partition coefficient (Wildman–Crippen LogP) is 6.57. The average molecular weight is 410 g/mol. The van der Waals surface area contributed by atoms with Gasteiger partial charge in [-0.15, -0.1) is 0 Å². The van der Waals surface area contributed by atoms with Crippen LogP contribution in [0.5, 0.6) is 0 Å². The molecule has 0 saturated heterocycles. The van der Waals surface area contributed by atoms with Gasteiger partial charge in [-0.2, -0.15) is 0 Å². The lowest BCUT2D eigenvalue weighted by atomic mass is 10.0. The first kappa shape index (κ1) is 18.3. The van der Waals surface area contributed by atoms with Crippen molar-refractivity contribution in [2.24, 2.45) is 0 Å². The summed E-state index contributed by atoms with van der Waals surface area (Å²) in [6.45, 7) is 0. The third kappa shape index (κ3) is 3.28. The lowest BCUT2D eigenvalue weighted by Crippen LogP contribution is -1.92. The van der Waals surface area contributed by atoms with E-state index in [2.05, 4.69) is 69.5 Å². The number of rotatable bonds is 3. The van der Waals surface area contributed by atoms with E-state index in [9.17, 15) is 0 Å². The van der Waals surface area contributed by atoms with E-state index >= 15 is 0 Å². The Balaban J connectivity index is 1.40. The molecule has 0 aliphatic rings. The fraction of sp³-hybridized carbons (Fsp3) is 0. The second-order valence-corrected chi connectivity index (χ2v) is 7.65. The molecule has 150 valence electrons. The monoisotopic (exact) mass is 410 g/mol. The fourth-order valence-electron chi connectivity index (χ4n) is 3.96. The van der Waals surface area contributed by atoms with Crippen molar-refractivity contribution in [3.63, 3.8) is 0 Å². The number of benzene rings is 3. The summed E-state index contributed by atoms with van der Waals surface area (Å²) in [4.78, 5) is 18.7. The van der Waals surface area contributed by atoms with Gasteiger partial charge in [-0.1, -0.05) is 72.8 Å². The van der Waals surface area contributed by atoms with E-state index < -0.39 is 0 Å². The molecule has 0 saturated carbocycles. The maximum Gasteiger partial charge on any atom is 0.159 e. The molecule has 0 amide bonds. The van der Waals surface area contributed by atoms with E-state index in [1.165, 1.54) is 0 Å². The van der Waals surface area contributed by atoms with Crippen LogP contribution >= 0.6 is 0 Å². The molecule has 0 bridgehead atoms. The van der Waals surface area contributed by atoms with Crippen molar-refractivity contribution in [2.75, 3.05) is 0 Å². The third-order valence-electron chi connectivity index (χ3n) is 5.61. The molecule has 0 atom stereocenters. The molecule has 0 aliphatic carbocycles. The topological polar surface area (TPSA) is 51.6 Å². The Hall–Kier alpha value is -4.44. The quantitative estimate of drug-likeness (QED) is 0.310. The summed E-state index contributed by atoms with van der Waals surface area (Å²) in [5.41, 5.74) is 6.82. The molecule has 4 heteroatoms. The molecule has 0 aliphatic heterocycles. The number of fused-ring (bicyclic) bond motifs is 3. The van der Waals surface area contributed by atoms with Crippen molar-refractivity contribution in [1.29, 1.82) is 0 Å². The molecule has 0 N–H and O–H groups in total. The molecule has 3 aromatic carbocycles. The van der Waals surface area contributed by atoms with Crippen molar-refractivity contribution >= 4 is 21.8 Å². The maximum absolute atomic E-state index is 4.96. The van der Waals surface area contributed by atoms with Gasteiger partial charge in [0.05, 0.1) is 16.7 Å². The molecule has 32 heavy (non-hydrogen) atoms. The maximum atomic E-state index is 4.96. The summed E-state index contributed by atoms with van der Waals surface area (Å²) in [5, 5.41) is 2.17. The van der Waals surface area contributed by atoms with E-state index in [-0.39, 0.29) is 0 Å². The van der Waals surface area contributed by atoms with Gasteiger partial charge < -0.3 is 0 Å². The van der Waals surface area contributed by atoms with Gasteiger partial charge in [-0.3, -0.25) is 4.98 Å². The summed E-state index contributed by atoms with van der Waals surface area (Å²) in [5.74, 6) is 0.694. The molecule has 0 fully saturated rings. The van der Waals surface area contributed by atoms with Crippen molar-refractivity contribution < 1.29 is 0 Å². The zero-order valence-corrected chi connectivity index (χ0v) is 17.2. The molecular weight excluding hydrogens is 392 g/mol. The minimum Gasteiger partial charge on any atom is -0.254 e. The first-order chi connectivity index (χ1) is 15.8. The summed E-state index contributed by atoms with van der Waals surface area (Å²) in [6, 6.07) is 30.7. The van der Waals surface area contributed by atoms with Gasteiger partial charge in [-0.05, 0) is 23.8 Å². The average Bonchev–Trinajstić information content (AvgIpc) is 2.89. The molecule has 0 spiro atoms. The molecule has 6 rings (SSSR count). The highest BCUT2D eigenvalue weighted by atomic mass is 14.9. The number of pyridine rings is 2. The van der Waals surface area contributed by atoms with Crippen LogP contribution in [0.1, 0.15) is 0 Å². The Morgan fingerprint density at radius 1 is 0.469 bits per heavy atom. The predicted molar refractivity (Wildman–Crippen MR) is 129 cm³/mol. The second-order valence-electron chi connectivity index (χ2n) is 7.65. The molecule has 4 nitrogen and oxygen atoms in total. The summed E-state index contributed by atoms with van der Waals surface area (Å²) in [7, 11) is 0. The minimum absolute atomic E-state index is 0.694. The summed E-state index contributed by atoms with van der Waals surface area (Å²) >= 11 is 0. The first-order valence-electron chi connectivity index (χ1n) is 10.5.